The van der Waals surface area contributed by atoms with Gasteiger partial charge in [-0.25, -0.2) is 13.1 Å². The molecule has 0 spiro atoms. The van der Waals surface area contributed by atoms with Crippen LogP contribution >= 0.6 is 11.6 Å². The van der Waals surface area contributed by atoms with Gasteiger partial charge in [-0.1, -0.05) is 42.8 Å². The highest BCUT2D eigenvalue weighted by Crippen LogP contribution is 2.50. The maximum Gasteiger partial charge on any atom is 0.573 e. The normalized spacial score (nSPS) is 21.5. The van der Waals surface area contributed by atoms with E-state index in [9.17, 15) is 21.6 Å². The second-order valence-corrected chi connectivity index (χ2v) is 11.2. The third-order valence-electron chi connectivity index (χ3n) is 6.79. The fourth-order valence-electron chi connectivity index (χ4n) is 5.12. The molecule has 0 radical (unpaired) electrons. The van der Waals surface area contributed by atoms with Crippen molar-refractivity contribution in [2.24, 2.45) is 5.92 Å². The molecule has 1 heterocycles. The number of para-hydroxylation sites is 4. The van der Waals surface area contributed by atoms with Crippen molar-refractivity contribution in [3.05, 3.63) is 71.8 Å². The molecule has 0 aromatic heterocycles. The van der Waals surface area contributed by atoms with E-state index in [1.165, 1.54) is 0 Å². The van der Waals surface area contributed by atoms with Gasteiger partial charge in [-0.3, -0.25) is 0 Å². The van der Waals surface area contributed by atoms with E-state index in [2.05, 4.69) is 14.4 Å². The molecule has 11 heteroatoms. The number of halogens is 4. The molecule has 1 aliphatic carbocycles. The molecule has 0 bridgehead atoms. The van der Waals surface area contributed by atoms with E-state index in [-0.39, 0.29) is 21.9 Å². The fourth-order valence-corrected chi connectivity index (χ4v) is 7.02. The Hall–Kier alpha value is -2.95. The summed E-state index contributed by atoms with van der Waals surface area (Å²) in [5, 5.41) is -0.356. The average molecular weight is 553 g/mol. The summed E-state index contributed by atoms with van der Waals surface area (Å²) >= 11 is 6.07. The number of rotatable bonds is 5. The zero-order chi connectivity index (χ0) is 26.4. The molecule has 6 nitrogen and oxygen atoms in total. The Bertz CT molecular complexity index is 1370. The number of fused-ring (bicyclic) bond motifs is 2. The highest BCUT2D eigenvalue weighted by Gasteiger charge is 2.40. The zero-order valence-electron chi connectivity index (χ0n) is 19.7. The summed E-state index contributed by atoms with van der Waals surface area (Å²) in [7, 11) is -4.12. The van der Waals surface area contributed by atoms with E-state index in [4.69, 9.17) is 16.3 Å². The van der Waals surface area contributed by atoms with E-state index in [0.717, 1.165) is 53.9 Å². The first kappa shape index (κ1) is 25.7. The van der Waals surface area contributed by atoms with E-state index in [1.54, 1.807) is 0 Å². The van der Waals surface area contributed by atoms with Gasteiger partial charge < -0.3 is 14.4 Å². The van der Waals surface area contributed by atoms with Crippen molar-refractivity contribution in [1.29, 1.82) is 0 Å². The van der Waals surface area contributed by atoms with Crippen LogP contribution in [0, 0.1) is 5.92 Å². The molecule has 1 unspecified atom stereocenters. The van der Waals surface area contributed by atoms with Crippen LogP contribution in [0.1, 0.15) is 26.2 Å². The number of ether oxygens (including phenoxy) is 2. The Balaban J connectivity index is 1.41. The van der Waals surface area contributed by atoms with Gasteiger partial charge in [-0.15, -0.1) is 13.2 Å². The first-order valence-corrected chi connectivity index (χ1v) is 13.6. The average Bonchev–Trinajstić information content (AvgIpc) is 2.83. The highest BCUT2D eigenvalue weighted by atomic mass is 35.5. The predicted molar refractivity (Wildman–Crippen MR) is 134 cm³/mol. The number of nitrogens with zero attached hydrogens (tertiary/aromatic N) is 1. The first-order valence-electron chi connectivity index (χ1n) is 11.8. The lowest BCUT2D eigenvalue weighted by atomic mass is 9.80. The van der Waals surface area contributed by atoms with Crippen molar-refractivity contribution < 1.29 is 31.1 Å². The van der Waals surface area contributed by atoms with Crippen LogP contribution in [-0.4, -0.2) is 26.9 Å². The molecule has 0 saturated heterocycles. The molecule has 37 heavy (non-hydrogen) atoms. The van der Waals surface area contributed by atoms with Crippen LogP contribution in [0.2, 0.25) is 5.02 Å². The Kier molecular flexibility index (Phi) is 6.76. The summed E-state index contributed by atoms with van der Waals surface area (Å²) in [6.45, 7) is 2.00. The van der Waals surface area contributed by atoms with Gasteiger partial charge in [0.25, 0.3) is 0 Å². The fraction of sp³-hybridized carbons (Fsp3) is 0.308. The number of nitrogens with one attached hydrogen (secondary N) is 1. The monoisotopic (exact) mass is 552 g/mol. The molecule has 3 aromatic carbocycles. The third-order valence-corrected chi connectivity index (χ3v) is 8.76. The predicted octanol–water partition coefficient (Wildman–Crippen LogP) is 7.02. The lowest BCUT2D eigenvalue weighted by molar-refractivity contribution is -0.274. The van der Waals surface area contributed by atoms with Gasteiger partial charge in [0, 0.05) is 18.2 Å². The SMILES string of the molecule is C[C@@H]1C(N2c3ccccc3Oc3ccccc32)CCC[C@H]1NS(=O)(=O)c1ccc(OC(F)(F)F)cc1Cl. The Morgan fingerprint density at radius 3 is 2.22 bits per heavy atom. The highest BCUT2D eigenvalue weighted by molar-refractivity contribution is 7.89. The van der Waals surface area contributed by atoms with Gasteiger partial charge in [0.05, 0.1) is 16.4 Å². The Morgan fingerprint density at radius 2 is 1.62 bits per heavy atom. The number of sulfonamides is 1. The number of hydrogen-bond donors (Lipinski definition) is 1. The standard InChI is InChI=1S/C26H24ClF3N2O4S/c1-16-19(31-37(33,34)25-14-13-17(15-18(25)27)36-26(28,29)30)7-6-10-20(16)32-21-8-2-4-11-23(21)35-24-12-5-3-9-22(24)32/h2-5,8-9,11-16,19-20,31H,6-7,10H2,1H3/t16-,19+,20?/m0/s1. The van der Waals surface area contributed by atoms with Crippen molar-refractivity contribution in [3.8, 4) is 17.2 Å². The Labute approximate surface area is 218 Å². The molecule has 1 fully saturated rings. The van der Waals surface area contributed by atoms with Gasteiger partial charge in [-0.05, 0) is 61.6 Å². The maximum absolute atomic E-state index is 13.3. The van der Waals surface area contributed by atoms with Crippen molar-refractivity contribution in [2.75, 3.05) is 4.90 Å². The summed E-state index contributed by atoms with van der Waals surface area (Å²) < 4.78 is 76.8. The zero-order valence-corrected chi connectivity index (χ0v) is 21.3. The number of hydrogen-bond acceptors (Lipinski definition) is 5. The molecular formula is C26H24ClF3N2O4S. The van der Waals surface area contributed by atoms with E-state index < -0.39 is 28.2 Å². The van der Waals surface area contributed by atoms with Gasteiger partial charge in [0.2, 0.25) is 10.0 Å². The number of benzene rings is 3. The maximum atomic E-state index is 13.3. The molecule has 2 aliphatic rings. The number of alkyl halides is 3. The third kappa shape index (κ3) is 5.23. The van der Waals surface area contributed by atoms with Crippen LogP contribution in [0.15, 0.2) is 71.6 Å². The lowest BCUT2D eigenvalue weighted by Crippen LogP contribution is -2.51. The van der Waals surface area contributed by atoms with Crippen LogP contribution in [0.5, 0.6) is 17.2 Å². The molecule has 0 amide bonds. The van der Waals surface area contributed by atoms with Crippen LogP contribution in [0.4, 0.5) is 24.5 Å². The first-order chi connectivity index (χ1) is 17.5. The van der Waals surface area contributed by atoms with E-state index in [0.29, 0.717) is 6.42 Å². The number of anilines is 2. The molecule has 196 valence electrons. The van der Waals surface area contributed by atoms with Gasteiger partial charge in [0.15, 0.2) is 11.5 Å². The second kappa shape index (κ2) is 9.74. The molecule has 1 aliphatic heterocycles. The van der Waals surface area contributed by atoms with Crippen LogP contribution in [0.3, 0.4) is 0 Å². The van der Waals surface area contributed by atoms with Gasteiger partial charge in [-0.2, -0.15) is 0 Å². The lowest BCUT2D eigenvalue weighted by Gasteiger charge is -2.45. The van der Waals surface area contributed by atoms with Crippen LogP contribution in [0.25, 0.3) is 0 Å². The summed E-state index contributed by atoms with van der Waals surface area (Å²) in [6, 6.07) is 17.8. The minimum Gasteiger partial charge on any atom is -0.453 e. The topological polar surface area (TPSA) is 67.9 Å². The van der Waals surface area contributed by atoms with Crippen LogP contribution < -0.4 is 19.1 Å². The molecular weight excluding hydrogens is 529 g/mol. The Morgan fingerprint density at radius 1 is 1.00 bits per heavy atom. The second-order valence-electron chi connectivity index (χ2n) is 9.13. The molecule has 1 saturated carbocycles. The largest absolute Gasteiger partial charge is 0.573 e. The molecule has 3 atom stereocenters. The summed E-state index contributed by atoms with van der Waals surface area (Å²) in [4.78, 5) is 1.91. The smallest absolute Gasteiger partial charge is 0.453 e. The summed E-state index contributed by atoms with van der Waals surface area (Å²) in [6.07, 6.45) is -2.69. The van der Waals surface area contributed by atoms with Crippen molar-refractivity contribution in [3.63, 3.8) is 0 Å². The quantitative estimate of drug-likeness (QED) is 0.368. The van der Waals surface area contributed by atoms with Crippen molar-refractivity contribution in [2.45, 2.75) is 49.5 Å². The van der Waals surface area contributed by atoms with Crippen molar-refractivity contribution >= 4 is 33.0 Å². The summed E-state index contributed by atoms with van der Waals surface area (Å²) in [5.74, 6) is 0.745. The van der Waals surface area contributed by atoms with Crippen LogP contribution in [-0.2, 0) is 10.0 Å². The molecule has 3 aromatic rings. The van der Waals surface area contributed by atoms with E-state index >= 15 is 0 Å². The minimum atomic E-state index is -4.91. The van der Waals surface area contributed by atoms with Gasteiger partial charge >= 0.3 is 6.36 Å². The molecule has 1 N–H and O–H groups in total. The minimum absolute atomic E-state index is 0.0364. The van der Waals surface area contributed by atoms with Crippen molar-refractivity contribution in [1.82, 2.24) is 4.72 Å². The molecule has 5 rings (SSSR count). The summed E-state index contributed by atoms with van der Waals surface area (Å²) in [5.41, 5.74) is 1.81. The van der Waals surface area contributed by atoms with E-state index in [1.807, 2.05) is 55.5 Å². The van der Waals surface area contributed by atoms with Gasteiger partial charge in [0.1, 0.15) is 10.6 Å².